The van der Waals surface area contributed by atoms with E-state index in [1.54, 1.807) is 87.5 Å². The van der Waals surface area contributed by atoms with Crippen LogP contribution in [0, 0.1) is 0 Å². The summed E-state index contributed by atoms with van der Waals surface area (Å²) >= 11 is 6.28. The third-order valence-corrected chi connectivity index (χ3v) is 7.08. The number of anilines is 2. The molecule has 3 N–H and O–H groups in total. The van der Waals surface area contributed by atoms with Gasteiger partial charge in [0.1, 0.15) is 18.0 Å². The number of hydrazine groups is 1. The molecule has 0 spiro atoms. The summed E-state index contributed by atoms with van der Waals surface area (Å²) in [5.74, 6) is -1.77. The van der Waals surface area contributed by atoms with Crippen molar-refractivity contribution in [1.29, 1.82) is 0 Å². The second-order valence-electron chi connectivity index (χ2n) is 11.4. The number of rotatable bonds is 10. The summed E-state index contributed by atoms with van der Waals surface area (Å²) in [6, 6.07) is 18.6. The molecule has 3 aromatic carbocycles. The molecule has 0 aliphatic carbocycles. The van der Waals surface area contributed by atoms with Crippen LogP contribution in [0.1, 0.15) is 26.3 Å². The van der Waals surface area contributed by atoms with E-state index in [4.69, 9.17) is 16.3 Å². The highest BCUT2D eigenvalue weighted by Gasteiger charge is 2.32. The first-order chi connectivity index (χ1) is 22.9. The summed E-state index contributed by atoms with van der Waals surface area (Å²) in [7, 11) is 0. The summed E-state index contributed by atoms with van der Waals surface area (Å²) in [5, 5.41) is 17.8. The predicted octanol–water partition coefficient (Wildman–Crippen LogP) is 3.86. The van der Waals surface area contributed by atoms with Gasteiger partial charge in [-0.05, 0) is 61.0 Å². The number of aldehydes is 1. The smallest absolute Gasteiger partial charge is 0.436 e. The van der Waals surface area contributed by atoms with Crippen molar-refractivity contribution in [3.8, 4) is 16.8 Å². The number of tetrazole rings is 1. The number of para-hydroxylation sites is 1. The van der Waals surface area contributed by atoms with Gasteiger partial charge in [0, 0.05) is 28.9 Å². The fourth-order valence-electron chi connectivity index (χ4n) is 4.73. The van der Waals surface area contributed by atoms with Crippen molar-refractivity contribution < 1.29 is 23.9 Å². The van der Waals surface area contributed by atoms with E-state index in [1.807, 2.05) is 0 Å². The van der Waals surface area contributed by atoms with Gasteiger partial charge in [-0.2, -0.15) is 9.36 Å². The quantitative estimate of drug-likeness (QED) is 0.112. The molecule has 0 saturated heterocycles. The first-order valence-corrected chi connectivity index (χ1v) is 14.9. The molecule has 5 aromatic rings. The van der Waals surface area contributed by atoms with E-state index in [0.717, 1.165) is 9.69 Å². The summed E-state index contributed by atoms with van der Waals surface area (Å²) in [6.07, 6.45) is 1.79. The Hall–Kier alpha value is -6.09. The van der Waals surface area contributed by atoms with Crippen molar-refractivity contribution in [2.75, 3.05) is 10.7 Å². The van der Waals surface area contributed by atoms with Crippen LogP contribution in [0.5, 0.6) is 0 Å². The van der Waals surface area contributed by atoms with Gasteiger partial charge in [-0.3, -0.25) is 29.7 Å². The first kappa shape index (κ1) is 33.3. The Kier molecular flexibility index (Phi) is 9.80. The SMILES string of the molecule is CC(C)(C)OC(=O)n1[nH]cc(-c2ccccc2NC(=O)C(Cc2ccccc2)N(Nc2cc(Cl)ccc2-n2cnnn2)C(=O)C=O)c1=O. The molecule has 0 radical (unpaired) electrons. The van der Waals surface area contributed by atoms with Crippen molar-refractivity contribution in [3.63, 3.8) is 0 Å². The van der Waals surface area contributed by atoms with Crippen LogP contribution in [0.3, 0.4) is 0 Å². The highest BCUT2D eigenvalue weighted by atomic mass is 35.5. The summed E-state index contributed by atoms with van der Waals surface area (Å²) in [5.41, 5.74) is 3.14. The molecule has 16 heteroatoms. The van der Waals surface area contributed by atoms with Gasteiger partial charge in [0.25, 0.3) is 5.56 Å². The zero-order chi connectivity index (χ0) is 34.4. The Labute approximate surface area is 278 Å². The van der Waals surface area contributed by atoms with E-state index in [2.05, 4.69) is 31.4 Å². The largest absolute Gasteiger partial charge is 0.442 e. The molecule has 0 saturated carbocycles. The van der Waals surface area contributed by atoms with Crippen molar-refractivity contribution >= 4 is 47.2 Å². The van der Waals surface area contributed by atoms with Gasteiger partial charge in [0.2, 0.25) is 12.2 Å². The highest BCUT2D eigenvalue weighted by Crippen LogP contribution is 2.28. The number of hydrogen-bond donors (Lipinski definition) is 3. The normalized spacial score (nSPS) is 11.8. The van der Waals surface area contributed by atoms with Crippen LogP contribution < -0.4 is 16.3 Å². The standard InChI is InChI=1S/C32H30ClN9O6/c1-32(2,3)48-31(47)42-30(46)23(17-35-42)22-11-7-8-12-24(22)36-29(45)27(15-20-9-5-4-6-10-20)41(28(44)18-43)37-25-16-21(33)13-14-26(25)40-19-34-38-39-40/h4-14,16-19,27,35,37H,15H2,1-3H3,(H,36,45). The van der Waals surface area contributed by atoms with E-state index < -0.39 is 35.1 Å². The molecule has 1 atom stereocenters. The van der Waals surface area contributed by atoms with E-state index in [9.17, 15) is 24.0 Å². The Morgan fingerprint density at radius 1 is 1.02 bits per heavy atom. The molecule has 246 valence electrons. The minimum absolute atomic E-state index is 0.0300. The summed E-state index contributed by atoms with van der Waals surface area (Å²) < 4.78 is 7.35. The van der Waals surface area contributed by atoms with E-state index >= 15 is 0 Å². The van der Waals surface area contributed by atoms with Crippen LogP contribution in [-0.2, 0) is 25.5 Å². The number of nitrogens with zero attached hydrogens (tertiary/aromatic N) is 6. The Bertz CT molecular complexity index is 2000. The molecule has 0 aliphatic heterocycles. The lowest BCUT2D eigenvalue weighted by molar-refractivity contribution is -0.141. The molecule has 2 heterocycles. The lowest BCUT2D eigenvalue weighted by atomic mass is 10.0. The van der Waals surface area contributed by atoms with Crippen molar-refractivity contribution in [2.45, 2.75) is 38.8 Å². The van der Waals surface area contributed by atoms with Gasteiger partial charge in [-0.15, -0.1) is 5.10 Å². The maximum absolute atomic E-state index is 14.2. The number of halogens is 1. The highest BCUT2D eigenvalue weighted by molar-refractivity contribution is 6.31. The van der Waals surface area contributed by atoms with Crippen LogP contribution >= 0.6 is 11.6 Å². The van der Waals surface area contributed by atoms with Crippen LogP contribution in [-0.4, -0.2) is 70.8 Å². The van der Waals surface area contributed by atoms with Gasteiger partial charge >= 0.3 is 12.0 Å². The zero-order valence-corrected chi connectivity index (χ0v) is 26.7. The molecule has 0 bridgehead atoms. The summed E-state index contributed by atoms with van der Waals surface area (Å²) in [4.78, 5) is 65.3. The number of carbonyl (C=O) groups excluding carboxylic acids is 4. The first-order valence-electron chi connectivity index (χ1n) is 14.5. The van der Waals surface area contributed by atoms with Crippen LogP contribution in [0.2, 0.25) is 5.02 Å². The van der Waals surface area contributed by atoms with Gasteiger partial charge in [-0.25, -0.2) is 9.80 Å². The zero-order valence-electron chi connectivity index (χ0n) is 26.0. The van der Waals surface area contributed by atoms with Crippen molar-refractivity contribution in [1.82, 2.24) is 35.0 Å². The average molecular weight is 672 g/mol. The Morgan fingerprint density at radius 2 is 1.75 bits per heavy atom. The number of hydrogen-bond acceptors (Lipinski definition) is 10. The van der Waals surface area contributed by atoms with Crippen molar-refractivity contribution in [3.05, 3.63) is 106 Å². The number of aromatic amines is 1. The summed E-state index contributed by atoms with van der Waals surface area (Å²) in [6.45, 7) is 5.01. The molecular formula is C32H30ClN9O6. The van der Waals surface area contributed by atoms with E-state index in [0.29, 0.717) is 11.3 Å². The molecule has 15 nitrogen and oxygen atoms in total. The predicted molar refractivity (Wildman–Crippen MR) is 175 cm³/mol. The fourth-order valence-corrected chi connectivity index (χ4v) is 4.90. The van der Waals surface area contributed by atoms with Crippen LogP contribution in [0.4, 0.5) is 16.2 Å². The second kappa shape index (κ2) is 14.1. The monoisotopic (exact) mass is 671 g/mol. The maximum Gasteiger partial charge on any atom is 0.436 e. The van der Waals surface area contributed by atoms with E-state index in [1.165, 1.54) is 23.3 Å². The molecule has 48 heavy (non-hydrogen) atoms. The van der Waals surface area contributed by atoms with Gasteiger partial charge in [0.05, 0.1) is 16.9 Å². The Morgan fingerprint density at radius 3 is 2.44 bits per heavy atom. The van der Waals surface area contributed by atoms with Crippen molar-refractivity contribution in [2.24, 2.45) is 0 Å². The number of benzene rings is 3. The molecule has 0 fully saturated rings. The van der Waals surface area contributed by atoms with Gasteiger partial charge < -0.3 is 10.1 Å². The molecular weight excluding hydrogens is 642 g/mol. The minimum atomic E-state index is -1.33. The number of aromatic nitrogens is 6. The van der Waals surface area contributed by atoms with Crippen LogP contribution in [0.25, 0.3) is 16.8 Å². The Balaban J connectivity index is 1.53. The van der Waals surface area contributed by atoms with Crippen LogP contribution in [0.15, 0.2) is 90.1 Å². The molecule has 1 unspecified atom stereocenters. The topological polar surface area (TPSA) is 186 Å². The number of ether oxygens (including phenoxy) is 1. The van der Waals surface area contributed by atoms with Gasteiger partial charge in [-0.1, -0.05) is 60.1 Å². The maximum atomic E-state index is 14.2. The fraction of sp³-hybridized carbons (Fsp3) is 0.188. The molecule has 0 aliphatic rings. The molecule has 2 amide bonds. The third kappa shape index (κ3) is 7.64. The minimum Gasteiger partial charge on any atom is -0.442 e. The number of H-pyrrole nitrogens is 1. The number of nitrogens with one attached hydrogen (secondary N) is 3. The molecule has 2 aromatic heterocycles. The van der Waals surface area contributed by atoms with E-state index in [-0.39, 0.29) is 40.2 Å². The third-order valence-electron chi connectivity index (χ3n) is 6.84. The molecule has 5 rings (SSSR count). The van der Waals surface area contributed by atoms with Gasteiger partial charge in [0.15, 0.2) is 0 Å². The number of amides is 2. The lowest BCUT2D eigenvalue weighted by Crippen LogP contribution is -2.52. The number of carbonyl (C=O) groups is 4. The second-order valence-corrected chi connectivity index (χ2v) is 11.8. The average Bonchev–Trinajstić information content (AvgIpc) is 3.72. The lowest BCUT2D eigenvalue weighted by Gasteiger charge is -2.31.